The molecule has 0 radical (unpaired) electrons. The molecule has 7 heteroatoms. The predicted molar refractivity (Wildman–Crippen MR) is 118 cm³/mol. The molecular weight excluding hydrogens is 416 g/mol. The summed E-state index contributed by atoms with van der Waals surface area (Å²) in [4.78, 5) is 39.1. The van der Waals surface area contributed by atoms with Gasteiger partial charge in [0.1, 0.15) is 12.4 Å². The summed E-state index contributed by atoms with van der Waals surface area (Å²) < 4.78 is 5.62. The summed E-state index contributed by atoms with van der Waals surface area (Å²) in [5, 5.41) is 2.95. The van der Waals surface area contributed by atoms with Gasteiger partial charge in [-0.05, 0) is 42.5 Å². The number of carbonyl (C=O) groups is 3. The van der Waals surface area contributed by atoms with Gasteiger partial charge in [-0.15, -0.1) is 0 Å². The molecule has 31 heavy (non-hydrogen) atoms. The molecule has 0 aromatic heterocycles. The lowest BCUT2D eigenvalue weighted by atomic mass is 10.1. The van der Waals surface area contributed by atoms with Crippen LogP contribution in [0.2, 0.25) is 5.02 Å². The van der Waals surface area contributed by atoms with Crippen LogP contribution in [0.1, 0.15) is 26.3 Å². The van der Waals surface area contributed by atoms with Crippen molar-refractivity contribution in [2.24, 2.45) is 0 Å². The number of fused-ring (bicyclic) bond motifs is 2. The molecule has 3 aromatic carbocycles. The molecule has 0 aliphatic carbocycles. The van der Waals surface area contributed by atoms with Gasteiger partial charge < -0.3 is 10.1 Å². The lowest BCUT2D eigenvalue weighted by Gasteiger charge is -2.18. The molecule has 2 aliphatic heterocycles. The number of benzene rings is 3. The number of para-hydroxylation sites is 1. The summed E-state index contributed by atoms with van der Waals surface area (Å²) in [7, 11) is 0. The first-order chi connectivity index (χ1) is 15.0. The van der Waals surface area contributed by atoms with Crippen LogP contribution in [-0.4, -0.2) is 24.3 Å². The fourth-order valence-electron chi connectivity index (χ4n) is 3.63. The summed E-state index contributed by atoms with van der Waals surface area (Å²) in [6, 6.07) is 18.7. The minimum Gasteiger partial charge on any atom is -0.488 e. The molecular formula is C24H15ClN2O4. The summed E-state index contributed by atoms with van der Waals surface area (Å²) in [5.74, 6) is -0.448. The van der Waals surface area contributed by atoms with Gasteiger partial charge in [0.25, 0.3) is 17.7 Å². The molecule has 6 nitrogen and oxygen atoms in total. The third kappa shape index (κ3) is 3.27. The van der Waals surface area contributed by atoms with Crippen LogP contribution in [0.15, 0.2) is 72.3 Å². The maximum Gasteiger partial charge on any atom is 0.266 e. The lowest BCUT2D eigenvalue weighted by Crippen LogP contribution is -2.29. The average molecular weight is 431 g/mol. The van der Waals surface area contributed by atoms with E-state index in [1.807, 2.05) is 24.3 Å². The lowest BCUT2D eigenvalue weighted by molar-refractivity contribution is -0.113. The number of amides is 3. The molecule has 1 N–H and O–H groups in total. The molecule has 0 fully saturated rings. The molecule has 3 aromatic rings. The van der Waals surface area contributed by atoms with E-state index in [0.29, 0.717) is 22.4 Å². The van der Waals surface area contributed by atoms with Crippen LogP contribution in [0.25, 0.3) is 6.08 Å². The van der Waals surface area contributed by atoms with Gasteiger partial charge in [-0.3, -0.25) is 14.4 Å². The first kappa shape index (κ1) is 19.1. The Balaban J connectivity index is 1.37. The largest absolute Gasteiger partial charge is 0.488 e. The second kappa shape index (κ2) is 7.41. The van der Waals surface area contributed by atoms with E-state index in [9.17, 15) is 14.4 Å². The molecule has 0 bridgehead atoms. The number of nitrogens with one attached hydrogen (secondary N) is 1. The highest BCUT2D eigenvalue weighted by atomic mass is 35.5. The maximum absolute atomic E-state index is 12.7. The van der Waals surface area contributed by atoms with E-state index in [1.165, 1.54) is 6.07 Å². The van der Waals surface area contributed by atoms with Gasteiger partial charge in [-0.25, -0.2) is 4.90 Å². The smallest absolute Gasteiger partial charge is 0.266 e. The Morgan fingerprint density at radius 1 is 0.935 bits per heavy atom. The zero-order chi connectivity index (χ0) is 21.5. The van der Waals surface area contributed by atoms with Gasteiger partial charge in [-0.2, -0.15) is 0 Å². The third-order valence-corrected chi connectivity index (χ3v) is 5.47. The number of hydrogen-bond donors (Lipinski definition) is 1. The first-order valence-corrected chi connectivity index (χ1v) is 9.92. The van der Waals surface area contributed by atoms with Crippen molar-refractivity contribution in [2.75, 3.05) is 16.8 Å². The molecule has 0 spiro atoms. The van der Waals surface area contributed by atoms with Crippen molar-refractivity contribution in [3.63, 3.8) is 0 Å². The van der Waals surface area contributed by atoms with Crippen molar-refractivity contribution in [1.29, 1.82) is 0 Å². The van der Waals surface area contributed by atoms with Crippen LogP contribution in [0, 0.1) is 0 Å². The Morgan fingerprint density at radius 3 is 2.32 bits per heavy atom. The van der Waals surface area contributed by atoms with E-state index in [4.69, 9.17) is 16.3 Å². The number of anilines is 2. The summed E-state index contributed by atoms with van der Waals surface area (Å²) in [6.07, 6.45) is 1.78. The van der Waals surface area contributed by atoms with Gasteiger partial charge in [0.15, 0.2) is 0 Å². The molecule has 0 unspecified atom stereocenters. The van der Waals surface area contributed by atoms with Gasteiger partial charge in [-0.1, -0.05) is 41.9 Å². The monoisotopic (exact) mass is 430 g/mol. The van der Waals surface area contributed by atoms with Crippen LogP contribution in [0.3, 0.4) is 0 Å². The summed E-state index contributed by atoms with van der Waals surface area (Å²) in [5.41, 5.74) is 2.68. The van der Waals surface area contributed by atoms with E-state index in [2.05, 4.69) is 5.32 Å². The van der Waals surface area contributed by atoms with Gasteiger partial charge >= 0.3 is 0 Å². The Morgan fingerprint density at radius 2 is 1.61 bits per heavy atom. The molecule has 0 saturated heterocycles. The Hall–Kier alpha value is -3.90. The molecule has 3 amide bonds. The summed E-state index contributed by atoms with van der Waals surface area (Å²) >= 11 is 6.38. The number of carbonyl (C=O) groups excluding carboxylic acids is 3. The van der Waals surface area contributed by atoms with Crippen molar-refractivity contribution in [3.8, 4) is 5.75 Å². The van der Waals surface area contributed by atoms with Crippen molar-refractivity contribution < 1.29 is 19.1 Å². The second-order valence-corrected chi connectivity index (χ2v) is 7.51. The van der Waals surface area contributed by atoms with Crippen LogP contribution in [0.5, 0.6) is 5.75 Å². The van der Waals surface area contributed by atoms with Crippen molar-refractivity contribution >= 4 is 46.8 Å². The Bertz CT molecular complexity index is 1260. The van der Waals surface area contributed by atoms with E-state index in [0.717, 1.165) is 16.2 Å². The number of hydrogen-bond acceptors (Lipinski definition) is 4. The van der Waals surface area contributed by atoms with E-state index in [1.54, 1.807) is 42.5 Å². The first-order valence-electron chi connectivity index (χ1n) is 9.54. The summed E-state index contributed by atoms with van der Waals surface area (Å²) in [6.45, 7) is 0.156. The number of nitrogens with zero attached hydrogens (tertiary/aromatic N) is 1. The van der Waals surface area contributed by atoms with Crippen LogP contribution in [0.4, 0.5) is 11.4 Å². The number of halogens is 1. The normalized spacial score (nSPS) is 14.5. The molecule has 2 aliphatic rings. The number of rotatable bonds is 3. The van der Waals surface area contributed by atoms with Crippen molar-refractivity contribution in [2.45, 2.75) is 0 Å². The van der Waals surface area contributed by atoms with Crippen LogP contribution in [-0.2, 0) is 4.79 Å². The number of imide groups is 1. The molecule has 0 saturated carbocycles. The highest BCUT2D eigenvalue weighted by molar-refractivity contribution is 6.40. The van der Waals surface area contributed by atoms with E-state index < -0.39 is 11.8 Å². The molecule has 2 heterocycles. The zero-order valence-electron chi connectivity index (χ0n) is 16.1. The highest BCUT2D eigenvalue weighted by Crippen LogP contribution is 2.35. The third-order valence-electron chi connectivity index (χ3n) is 5.16. The van der Waals surface area contributed by atoms with E-state index in [-0.39, 0.29) is 23.2 Å². The Kier molecular flexibility index (Phi) is 4.56. The second-order valence-electron chi connectivity index (χ2n) is 7.11. The van der Waals surface area contributed by atoms with Crippen molar-refractivity contribution in [1.82, 2.24) is 0 Å². The predicted octanol–water partition coefficient (Wildman–Crippen LogP) is 4.56. The maximum atomic E-state index is 12.7. The quantitative estimate of drug-likeness (QED) is 0.618. The van der Waals surface area contributed by atoms with Crippen LogP contribution < -0.4 is 15.0 Å². The van der Waals surface area contributed by atoms with Crippen LogP contribution >= 0.6 is 11.6 Å². The zero-order valence-corrected chi connectivity index (χ0v) is 16.8. The fraction of sp³-hybridized carbons (Fsp3) is 0.0417. The van der Waals surface area contributed by atoms with Crippen molar-refractivity contribution in [3.05, 3.63) is 94.0 Å². The van der Waals surface area contributed by atoms with Gasteiger partial charge in [0.2, 0.25) is 0 Å². The molecule has 152 valence electrons. The standard InChI is InChI=1S/C24H15ClN2O4/c25-19-12-16(26-22(28)15-11-14-5-1-4-8-21(14)31-13-15)9-10-20(19)27-23(29)17-6-2-3-7-18(17)24(27)30/h1-12H,13H2,(H,26,28). The minimum atomic E-state index is -0.428. The van der Waals surface area contributed by atoms with Gasteiger partial charge in [0.05, 0.1) is 27.4 Å². The fourth-order valence-corrected chi connectivity index (χ4v) is 3.90. The topological polar surface area (TPSA) is 75.7 Å². The highest BCUT2D eigenvalue weighted by Gasteiger charge is 2.37. The number of ether oxygens (including phenoxy) is 1. The SMILES string of the molecule is O=C(Nc1ccc(N2C(=O)c3ccccc3C2=O)c(Cl)c1)C1=Cc2ccccc2OC1. The Labute approximate surface area is 182 Å². The van der Waals surface area contributed by atoms with E-state index >= 15 is 0 Å². The average Bonchev–Trinajstić information content (AvgIpc) is 3.04. The molecule has 5 rings (SSSR count). The minimum absolute atomic E-state index is 0.156. The van der Waals surface area contributed by atoms with Gasteiger partial charge in [0, 0.05) is 11.3 Å². The molecule has 0 atom stereocenters.